The fraction of sp³-hybridized carbons (Fsp3) is 0.579. The first-order chi connectivity index (χ1) is 13.2. The van der Waals surface area contributed by atoms with E-state index in [1.165, 1.54) is 9.21 Å². The van der Waals surface area contributed by atoms with Gasteiger partial charge in [0.2, 0.25) is 10.0 Å². The van der Waals surface area contributed by atoms with Crippen LogP contribution in [0.25, 0.3) is 0 Å². The Balaban J connectivity index is 1.60. The molecule has 0 radical (unpaired) electrons. The van der Waals surface area contributed by atoms with Crippen molar-refractivity contribution in [2.45, 2.75) is 44.6 Å². The summed E-state index contributed by atoms with van der Waals surface area (Å²) in [5, 5.41) is 2.71. The molecule has 2 saturated heterocycles. The van der Waals surface area contributed by atoms with E-state index in [4.69, 9.17) is 0 Å². The molecular weight excluding hydrogens is 380 g/mol. The van der Waals surface area contributed by atoms with Crippen LogP contribution in [0.15, 0.2) is 23.1 Å². The molecule has 2 fully saturated rings. The predicted molar refractivity (Wildman–Crippen MR) is 105 cm³/mol. The maximum atomic E-state index is 12.9. The number of benzene rings is 1. The van der Waals surface area contributed by atoms with Crippen molar-refractivity contribution in [2.75, 3.05) is 32.8 Å². The summed E-state index contributed by atoms with van der Waals surface area (Å²) in [5.74, 6) is -0.197. The lowest BCUT2D eigenvalue weighted by Crippen LogP contribution is -2.52. The second kappa shape index (κ2) is 8.18. The average molecular weight is 409 g/mol. The van der Waals surface area contributed by atoms with Crippen LogP contribution in [-0.4, -0.2) is 73.4 Å². The van der Waals surface area contributed by atoms with Crippen molar-refractivity contribution in [1.29, 1.82) is 0 Å². The zero-order chi connectivity index (χ0) is 20.5. The van der Waals surface area contributed by atoms with Crippen molar-refractivity contribution < 1.29 is 18.0 Å². The predicted octanol–water partition coefficient (Wildman–Crippen LogP) is 1.29. The van der Waals surface area contributed by atoms with Gasteiger partial charge in [-0.15, -0.1) is 0 Å². The number of piperazine rings is 1. The highest BCUT2D eigenvalue weighted by molar-refractivity contribution is 7.89. The second-order valence-corrected chi connectivity index (χ2v) is 9.40. The largest absolute Gasteiger partial charge is 0.326 e. The molecule has 0 bridgehead atoms. The molecule has 0 aromatic heterocycles. The molecule has 3 amide bonds. The number of rotatable bonds is 6. The molecule has 2 aliphatic rings. The molecule has 8 nitrogen and oxygen atoms in total. The maximum absolute atomic E-state index is 12.9. The summed E-state index contributed by atoms with van der Waals surface area (Å²) in [6.45, 7) is 7.62. The quantitative estimate of drug-likeness (QED) is 0.717. The van der Waals surface area contributed by atoms with Gasteiger partial charge < -0.3 is 5.32 Å². The molecule has 2 heterocycles. The lowest BCUT2D eigenvalue weighted by Gasteiger charge is -2.35. The van der Waals surface area contributed by atoms with Crippen molar-refractivity contribution in [3.63, 3.8) is 0 Å². The van der Waals surface area contributed by atoms with Crippen LogP contribution in [0, 0.1) is 13.8 Å². The van der Waals surface area contributed by atoms with E-state index in [2.05, 4.69) is 5.32 Å². The number of imide groups is 1. The lowest BCUT2D eigenvalue weighted by atomic mass is 10.1. The van der Waals surface area contributed by atoms with E-state index >= 15 is 0 Å². The standard InChI is InChI=1S/C19H28N4O4S/c1-4-5-17-18(24)23(19(25)20-17)13-21-8-10-22(11-9-21)28(26,27)16-7-6-14(2)15(3)12-16/h6-7,12,17H,4-5,8-11,13H2,1-3H3,(H,20,25)/t17-/m1/s1. The molecule has 1 atom stereocenters. The molecule has 0 unspecified atom stereocenters. The lowest BCUT2D eigenvalue weighted by molar-refractivity contribution is -0.129. The highest BCUT2D eigenvalue weighted by atomic mass is 32.2. The molecule has 28 heavy (non-hydrogen) atoms. The van der Waals surface area contributed by atoms with Gasteiger partial charge in [0.05, 0.1) is 11.6 Å². The number of aryl methyl sites for hydroxylation is 2. The van der Waals surface area contributed by atoms with Crippen molar-refractivity contribution >= 4 is 22.0 Å². The molecule has 0 spiro atoms. The fourth-order valence-corrected chi connectivity index (χ4v) is 5.04. The van der Waals surface area contributed by atoms with Crippen LogP contribution in [0.2, 0.25) is 0 Å². The van der Waals surface area contributed by atoms with Crippen LogP contribution in [0.1, 0.15) is 30.9 Å². The Hall–Kier alpha value is -1.97. The van der Waals surface area contributed by atoms with Gasteiger partial charge in [0, 0.05) is 26.2 Å². The summed E-state index contributed by atoms with van der Waals surface area (Å²) in [5.41, 5.74) is 2.00. The number of nitrogens with one attached hydrogen (secondary N) is 1. The first-order valence-corrected chi connectivity index (χ1v) is 11.1. The summed E-state index contributed by atoms with van der Waals surface area (Å²) in [6.07, 6.45) is 1.45. The Bertz CT molecular complexity index is 863. The number of nitrogens with zero attached hydrogens (tertiary/aromatic N) is 3. The van der Waals surface area contributed by atoms with Gasteiger partial charge in [-0.3, -0.25) is 9.69 Å². The number of sulfonamides is 1. The fourth-order valence-electron chi connectivity index (χ4n) is 3.53. The van der Waals surface area contributed by atoms with Crippen molar-refractivity contribution in [2.24, 2.45) is 0 Å². The number of hydrogen-bond acceptors (Lipinski definition) is 5. The zero-order valence-electron chi connectivity index (χ0n) is 16.6. The molecule has 9 heteroatoms. The maximum Gasteiger partial charge on any atom is 0.325 e. The average Bonchev–Trinajstić information content (AvgIpc) is 2.92. The summed E-state index contributed by atoms with van der Waals surface area (Å²) in [6, 6.07) is 4.36. The number of hydrogen-bond donors (Lipinski definition) is 1. The highest BCUT2D eigenvalue weighted by Gasteiger charge is 2.39. The van der Waals surface area contributed by atoms with Gasteiger partial charge in [-0.2, -0.15) is 4.31 Å². The van der Waals surface area contributed by atoms with Gasteiger partial charge in [0.15, 0.2) is 0 Å². The second-order valence-electron chi connectivity index (χ2n) is 7.47. The molecule has 1 N–H and O–H groups in total. The smallest absolute Gasteiger partial charge is 0.325 e. The van der Waals surface area contributed by atoms with Gasteiger partial charge in [0.1, 0.15) is 6.04 Å². The Morgan fingerprint density at radius 2 is 1.75 bits per heavy atom. The van der Waals surface area contributed by atoms with Crippen LogP contribution >= 0.6 is 0 Å². The molecule has 2 aliphatic heterocycles. The first-order valence-electron chi connectivity index (χ1n) is 9.65. The minimum absolute atomic E-state index is 0.197. The van der Waals surface area contributed by atoms with Crippen LogP contribution in [0.3, 0.4) is 0 Å². The van der Waals surface area contributed by atoms with E-state index in [1.807, 2.05) is 31.7 Å². The van der Waals surface area contributed by atoms with E-state index in [0.29, 0.717) is 37.5 Å². The third-order valence-corrected chi connectivity index (χ3v) is 7.37. The Morgan fingerprint density at radius 3 is 2.36 bits per heavy atom. The molecular formula is C19H28N4O4S. The number of carbonyl (C=O) groups excluding carboxylic acids is 2. The monoisotopic (exact) mass is 408 g/mol. The van der Waals surface area contributed by atoms with E-state index in [0.717, 1.165) is 17.5 Å². The van der Waals surface area contributed by atoms with Crippen molar-refractivity contribution in [3.8, 4) is 0 Å². The third-order valence-electron chi connectivity index (χ3n) is 5.47. The van der Waals surface area contributed by atoms with Crippen LogP contribution < -0.4 is 5.32 Å². The van der Waals surface area contributed by atoms with Gasteiger partial charge in [-0.25, -0.2) is 18.1 Å². The van der Waals surface area contributed by atoms with Gasteiger partial charge in [0.25, 0.3) is 5.91 Å². The number of urea groups is 1. The normalized spacial score (nSPS) is 22.0. The minimum Gasteiger partial charge on any atom is -0.326 e. The van der Waals surface area contributed by atoms with E-state index < -0.39 is 16.1 Å². The van der Waals surface area contributed by atoms with Crippen LogP contribution in [-0.2, 0) is 14.8 Å². The summed E-state index contributed by atoms with van der Waals surface area (Å²) >= 11 is 0. The van der Waals surface area contributed by atoms with Crippen LogP contribution in [0.4, 0.5) is 4.79 Å². The highest BCUT2D eigenvalue weighted by Crippen LogP contribution is 2.21. The van der Waals surface area contributed by atoms with Gasteiger partial charge >= 0.3 is 6.03 Å². The van der Waals surface area contributed by atoms with Gasteiger partial charge in [-0.05, 0) is 43.5 Å². The molecule has 1 aromatic carbocycles. The zero-order valence-corrected chi connectivity index (χ0v) is 17.5. The Kier molecular flexibility index (Phi) is 6.07. The molecule has 1 aromatic rings. The first kappa shape index (κ1) is 20.8. The van der Waals surface area contributed by atoms with Crippen molar-refractivity contribution in [3.05, 3.63) is 29.3 Å². The molecule has 0 aliphatic carbocycles. The number of amides is 3. The minimum atomic E-state index is -3.54. The SMILES string of the molecule is CCC[C@H]1NC(=O)N(CN2CCN(S(=O)(=O)c3ccc(C)c(C)c3)CC2)C1=O. The van der Waals surface area contributed by atoms with Gasteiger partial charge in [-0.1, -0.05) is 19.4 Å². The van der Waals surface area contributed by atoms with Crippen molar-refractivity contribution in [1.82, 2.24) is 19.4 Å². The van der Waals surface area contributed by atoms with E-state index in [-0.39, 0.29) is 18.6 Å². The van der Waals surface area contributed by atoms with E-state index in [9.17, 15) is 18.0 Å². The van der Waals surface area contributed by atoms with Crippen LogP contribution in [0.5, 0.6) is 0 Å². The Labute approximate surface area is 166 Å². The third kappa shape index (κ3) is 4.06. The molecule has 0 saturated carbocycles. The molecule has 3 rings (SSSR count). The number of carbonyl (C=O) groups is 2. The Morgan fingerprint density at radius 1 is 1.07 bits per heavy atom. The molecule has 154 valence electrons. The summed E-state index contributed by atoms with van der Waals surface area (Å²) in [4.78, 5) is 27.9. The topological polar surface area (TPSA) is 90.0 Å². The van der Waals surface area contributed by atoms with E-state index in [1.54, 1.807) is 12.1 Å². The summed E-state index contributed by atoms with van der Waals surface area (Å²) < 4.78 is 27.3. The summed E-state index contributed by atoms with van der Waals surface area (Å²) in [7, 11) is -3.54.